The molecule has 0 radical (unpaired) electrons. The van der Waals surface area contributed by atoms with Gasteiger partial charge in [0.05, 0.1) is 16.6 Å². The molecule has 0 amide bonds. The van der Waals surface area contributed by atoms with Crippen LogP contribution in [0.25, 0.3) is 16.6 Å². The van der Waals surface area contributed by atoms with Gasteiger partial charge in [0.1, 0.15) is 0 Å². The lowest BCUT2D eigenvalue weighted by Crippen LogP contribution is -2.29. The van der Waals surface area contributed by atoms with Gasteiger partial charge in [-0.25, -0.2) is 4.79 Å². The monoisotopic (exact) mass is 287 g/mol. The quantitative estimate of drug-likeness (QED) is 0.671. The highest BCUT2D eigenvalue weighted by Crippen LogP contribution is 2.19. The first-order chi connectivity index (χ1) is 9.56. The van der Waals surface area contributed by atoms with Crippen molar-refractivity contribution in [1.29, 1.82) is 0 Å². The van der Waals surface area contributed by atoms with Gasteiger partial charge in [-0.2, -0.15) is 0 Å². The number of benzene rings is 2. The maximum Gasteiger partial charge on any atom is 0.333 e. The fraction of sp³-hybridized carbons (Fsp3) is 0. The van der Waals surface area contributed by atoms with Gasteiger partial charge in [0.15, 0.2) is 0 Å². The van der Waals surface area contributed by atoms with Crippen LogP contribution in [0.3, 0.4) is 0 Å². The smallest absolute Gasteiger partial charge is 0.333 e. The largest absolute Gasteiger partial charge is 0.399 e. The summed E-state index contributed by atoms with van der Waals surface area (Å²) in [7, 11) is 0. The normalized spacial score (nSPS) is 10.8. The minimum Gasteiger partial charge on any atom is -0.399 e. The van der Waals surface area contributed by atoms with Crippen molar-refractivity contribution in [1.82, 2.24) is 9.55 Å². The van der Waals surface area contributed by atoms with Gasteiger partial charge in [0.25, 0.3) is 5.56 Å². The summed E-state index contributed by atoms with van der Waals surface area (Å²) in [6.07, 6.45) is 0. The number of nitrogens with zero attached hydrogens (tertiary/aromatic N) is 1. The molecule has 0 saturated heterocycles. The Bertz CT molecular complexity index is 928. The van der Waals surface area contributed by atoms with Crippen LogP contribution >= 0.6 is 11.6 Å². The van der Waals surface area contributed by atoms with E-state index in [0.717, 1.165) is 0 Å². The molecule has 20 heavy (non-hydrogen) atoms. The average Bonchev–Trinajstić information content (AvgIpc) is 2.38. The van der Waals surface area contributed by atoms with Gasteiger partial charge in [0.2, 0.25) is 0 Å². The number of rotatable bonds is 1. The third kappa shape index (κ3) is 1.98. The summed E-state index contributed by atoms with van der Waals surface area (Å²) in [4.78, 5) is 26.2. The second-order valence-electron chi connectivity index (χ2n) is 4.35. The van der Waals surface area contributed by atoms with Crippen LogP contribution in [-0.2, 0) is 0 Å². The van der Waals surface area contributed by atoms with E-state index in [9.17, 15) is 9.59 Å². The Morgan fingerprint density at radius 1 is 1.10 bits per heavy atom. The number of nitrogens with two attached hydrogens (primary N) is 1. The lowest BCUT2D eigenvalue weighted by Gasteiger charge is -2.10. The highest BCUT2D eigenvalue weighted by atomic mass is 35.5. The van der Waals surface area contributed by atoms with E-state index in [4.69, 9.17) is 17.3 Å². The van der Waals surface area contributed by atoms with Crippen LogP contribution in [0, 0.1) is 0 Å². The zero-order valence-corrected chi connectivity index (χ0v) is 11.0. The van der Waals surface area contributed by atoms with E-state index in [0.29, 0.717) is 27.3 Å². The van der Waals surface area contributed by atoms with Crippen LogP contribution in [0.15, 0.2) is 52.1 Å². The van der Waals surface area contributed by atoms with E-state index >= 15 is 0 Å². The molecule has 0 bridgehead atoms. The molecule has 3 aromatic rings. The molecule has 6 heteroatoms. The molecule has 0 spiro atoms. The Labute approximate surface area is 118 Å². The lowest BCUT2D eigenvalue weighted by atomic mass is 10.2. The van der Waals surface area contributed by atoms with Gasteiger partial charge in [-0.15, -0.1) is 0 Å². The van der Waals surface area contributed by atoms with Crippen LogP contribution in [0.2, 0.25) is 5.02 Å². The molecule has 3 N–H and O–H groups in total. The average molecular weight is 288 g/mol. The highest BCUT2D eigenvalue weighted by molar-refractivity contribution is 6.31. The van der Waals surface area contributed by atoms with Crippen LogP contribution in [0.5, 0.6) is 0 Å². The van der Waals surface area contributed by atoms with Crippen molar-refractivity contribution in [3.05, 3.63) is 68.3 Å². The zero-order chi connectivity index (χ0) is 14.3. The molecule has 0 saturated carbocycles. The number of anilines is 1. The van der Waals surface area contributed by atoms with E-state index in [2.05, 4.69) is 4.98 Å². The van der Waals surface area contributed by atoms with Crippen molar-refractivity contribution < 1.29 is 0 Å². The molecule has 1 heterocycles. The Kier molecular flexibility index (Phi) is 2.84. The molecule has 0 fully saturated rings. The first-order valence-corrected chi connectivity index (χ1v) is 6.24. The van der Waals surface area contributed by atoms with E-state index < -0.39 is 11.2 Å². The Balaban J connectivity index is 2.49. The van der Waals surface area contributed by atoms with Crippen LogP contribution in [0.4, 0.5) is 5.69 Å². The topological polar surface area (TPSA) is 80.9 Å². The van der Waals surface area contributed by atoms with Gasteiger partial charge in [-0.3, -0.25) is 14.3 Å². The minimum absolute atomic E-state index is 0.386. The predicted octanol–water partition coefficient (Wildman–Crippen LogP) is 1.91. The summed E-state index contributed by atoms with van der Waals surface area (Å²) in [5.74, 6) is 0. The van der Waals surface area contributed by atoms with Gasteiger partial charge >= 0.3 is 5.69 Å². The molecule has 3 rings (SSSR count). The van der Waals surface area contributed by atoms with Crippen molar-refractivity contribution in [2.24, 2.45) is 0 Å². The van der Waals surface area contributed by atoms with Crippen LogP contribution in [-0.4, -0.2) is 9.55 Å². The van der Waals surface area contributed by atoms with Gasteiger partial charge in [-0.05, 0) is 36.4 Å². The SMILES string of the molecule is Nc1cccc(-n2c(=O)[nH]c(=O)c3ccc(Cl)cc32)c1. The van der Waals surface area contributed by atoms with Crippen molar-refractivity contribution in [3.63, 3.8) is 0 Å². The summed E-state index contributed by atoms with van der Waals surface area (Å²) < 4.78 is 1.37. The first kappa shape index (κ1) is 12.5. The number of H-pyrrole nitrogens is 1. The number of halogens is 1. The van der Waals surface area contributed by atoms with Gasteiger partial charge < -0.3 is 5.73 Å². The maximum atomic E-state index is 12.1. The van der Waals surface area contributed by atoms with Crippen LogP contribution < -0.4 is 17.0 Å². The van der Waals surface area contributed by atoms with Crippen LogP contribution in [0.1, 0.15) is 0 Å². The van der Waals surface area contributed by atoms with Gasteiger partial charge in [-0.1, -0.05) is 17.7 Å². The fourth-order valence-electron chi connectivity index (χ4n) is 2.13. The van der Waals surface area contributed by atoms with E-state index in [1.54, 1.807) is 42.5 Å². The standard InChI is InChI=1S/C14H10ClN3O2/c15-8-4-5-11-12(6-8)18(14(20)17-13(11)19)10-3-1-2-9(16)7-10/h1-7H,16H2,(H,17,19,20). The number of hydrogen-bond acceptors (Lipinski definition) is 3. The van der Waals surface area contributed by atoms with Crippen molar-refractivity contribution in [2.75, 3.05) is 5.73 Å². The third-order valence-electron chi connectivity index (χ3n) is 3.00. The number of nitrogen functional groups attached to an aromatic ring is 1. The second-order valence-corrected chi connectivity index (χ2v) is 4.79. The summed E-state index contributed by atoms with van der Waals surface area (Å²) in [6.45, 7) is 0. The number of nitrogens with one attached hydrogen (secondary N) is 1. The zero-order valence-electron chi connectivity index (χ0n) is 10.3. The molecule has 0 aliphatic heterocycles. The summed E-state index contributed by atoms with van der Waals surface area (Å²) in [5, 5.41) is 0.830. The highest BCUT2D eigenvalue weighted by Gasteiger charge is 2.09. The molecule has 0 atom stereocenters. The molecule has 2 aromatic carbocycles. The van der Waals surface area contributed by atoms with Crippen molar-refractivity contribution in [3.8, 4) is 5.69 Å². The van der Waals surface area contributed by atoms with E-state index in [-0.39, 0.29) is 0 Å². The number of fused-ring (bicyclic) bond motifs is 1. The van der Waals surface area contributed by atoms with Crippen molar-refractivity contribution in [2.45, 2.75) is 0 Å². The number of hydrogen-bond donors (Lipinski definition) is 2. The lowest BCUT2D eigenvalue weighted by molar-refractivity contribution is 0.943. The Morgan fingerprint density at radius 2 is 1.90 bits per heavy atom. The minimum atomic E-state index is -0.532. The molecule has 1 aromatic heterocycles. The van der Waals surface area contributed by atoms with Crippen molar-refractivity contribution >= 4 is 28.2 Å². The van der Waals surface area contributed by atoms with E-state index in [1.165, 1.54) is 4.57 Å². The van der Waals surface area contributed by atoms with E-state index in [1.807, 2.05) is 0 Å². The van der Waals surface area contributed by atoms with Gasteiger partial charge in [0, 0.05) is 10.7 Å². The summed E-state index contributed by atoms with van der Waals surface area (Å²) in [6, 6.07) is 11.6. The summed E-state index contributed by atoms with van der Waals surface area (Å²) >= 11 is 5.96. The fourth-order valence-corrected chi connectivity index (χ4v) is 2.30. The Morgan fingerprint density at radius 3 is 2.65 bits per heavy atom. The Hall–Kier alpha value is -2.53. The third-order valence-corrected chi connectivity index (χ3v) is 3.23. The first-order valence-electron chi connectivity index (χ1n) is 5.87. The molecule has 0 aliphatic rings. The molecular formula is C14H10ClN3O2. The molecule has 0 unspecified atom stereocenters. The number of aromatic nitrogens is 2. The number of aromatic amines is 1. The maximum absolute atomic E-state index is 12.1. The second kappa shape index (κ2) is 4.54. The molecule has 100 valence electrons. The predicted molar refractivity (Wildman–Crippen MR) is 79.6 cm³/mol. The molecule has 0 aliphatic carbocycles. The molecule has 5 nitrogen and oxygen atoms in total. The summed E-state index contributed by atoms with van der Waals surface area (Å²) in [5.41, 5.74) is 6.30. The molecular weight excluding hydrogens is 278 g/mol.